The molecule has 0 aromatic carbocycles. The summed E-state index contributed by atoms with van der Waals surface area (Å²) in [5.41, 5.74) is 2.24. The molecule has 1 saturated carbocycles. The molecule has 32 heavy (non-hydrogen) atoms. The normalized spacial score (nSPS) is 21.6. The van der Waals surface area contributed by atoms with Gasteiger partial charge >= 0.3 is 0 Å². The molecule has 0 bridgehead atoms. The third-order valence-corrected chi connectivity index (χ3v) is 6.87. The summed E-state index contributed by atoms with van der Waals surface area (Å²) in [6, 6.07) is 1.58. The Morgan fingerprint density at radius 3 is 2.78 bits per heavy atom. The first kappa shape index (κ1) is 22.5. The van der Waals surface area contributed by atoms with E-state index in [0.29, 0.717) is 42.3 Å². The zero-order valence-corrected chi connectivity index (χ0v) is 18.7. The van der Waals surface area contributed by atoms with Gasteiger partial charge in [0.2, 0.25) is 11.8 Å². The third-order valence-electron chi connectivity index (χ3n) is 6.57. The number of amides is 2. The molecule has 2 amide bonds. The summed E-state index contributed by atoms with van der Waals surface area (Å²) in [6.45, 7) is 0.669. The van der Waals surface area contributed by atoms with Crippen molar-refractivity contribution in [1.82, 2.24) is 15.6 Å². The van der Waals surface area contributed by atoms with Gasteiger partial charge in [0.25, 0.3) is 0 Å². The maximum atomic E-state index is 13.1. The highest BCUT2D eigenvalue weighted by molar-refractivity contribution is 6.32. The smallest absolute Gasteiger partial charge is 0.248 e. The molecule has 2 aliphatic carbocycles. The number of Topliss-reactive ketones (excluding diaryl/α,β-unsaturated/α-hetero) is 1. The predicted octanol–water partition coefficient (Wildman–Crippen LogP) is 2.97. The monoisotopic (exact) mass is 454 g/mol. The summed E-state index contributed by atoms with van der Waals surface area (Å²) >= 11 is 6.18. The van der Waals surface area contributed by atoms with Gasteiger partial charge in [-0.05, 0) is 43.2 Å². The number of hydrogen-bond acceptors (Lipinski definition) is 5. The van der Waals surface area contributed by atoms with Crippen molar-refractivity contribution >= 4 is 35.3 Å². The number of ketones is 1. The van der Waals surface area contributed by atoms with Crippen LogP contribution in [0.2, 0.25) is 5.02 Å². The molecule has 2 N–H and O–H groups in total. The van der Waals surface area contributed by atoms with Gasteiger partial charge in [0, 0.05) is 48.8 Å². The molecule has 168 valence electrons. The first-order chi connectivity index (χ1) is 15.4. The van der Waals surface area contributed by atoms with Crippen LogP contribution in [0.5, 0.6) is 0 Å². The van der Waals surface area contributed by atoms with Crippen LogP contribution in [0.25, 0.3) is 6.08 Å². The molecule has 1 aromatic rings. The van der Waals surface area contributed by atoms with Gasteiger partial charge < -0.3 is 10.6 Å². The minimum absolute atomic E-state index is 0.0346. The quantitative estimate of drug-likeness (QED) is 0.595. The Morgan fingerprint density at radius 1 is 1.28 bits per heavy atom. The van der Waals surface area contributed by atoms with E-state index in [0.717, 1.165) is 36.8 Å². The Hall–Kier alpha value is -2.72. The van der Waals surface area contributed by atoms with Crippen molar-refractivity contribution < 1.29 is 14.4 Å². The number of piperidine rings is 1. The van der Waals surface area contributed by atoms with E-state index in [-0.39, 0.29) is 29.9 Å². The Kier molecular flexibility index (Phi) is 6.90. The summed E-state index contributed by atoms with van der Waals surface area (Å²) < 4.78 is 0. The SMILES string of the molecule is N#CC(CC(=O)C(CC1CC1)NC(=O)C1=Cc2c(Cl)cncc2C1)CC1CCCNC1=O. The van der Waals surface area contributed by atoms with Crippen molar-refractivity contribution in [3.8, 4) is 6.07 Å². The van der Waals surface area contributed by atoms with Gasteiger partial charge in [-0.1, -0.05) is 24.4 Å². The number of fused-ring (bicyclic) bond motifs is 1. The largest absolute Gasteiger partial charge is 0.356 e. The molecule has 0 spiro atoms. The van der Waals surface area contributed by atoms with Crippen molar-refractivity contribution in [3.63, 3.8) is 0 Å². The van der Waals surface area contributed by atoms with Crippen LogP contribution in [-0.2, 0) is 20.8 Å². The van der Waals surface area contributed by atoms with Crippen LogP contribution in [0.15, 0.2) is 18.0 Å². The van der Waals surface area contributed by atoms with Gasteiger partial charge in [0.05, 0.1) is 23.1 Å². The molecule has 1 aromatic heterocycles. The Labute approximate surface area is 192 Å². The van der Waals surface area contributed by atoms with Crippen molar-refractivity contribution in [2.75, 3.05) is 6.54 Å². The number of hydrogen-bond donors (Lipinski definition) is 2. The van der Waals surface area contributed by atoms with Gasteiger partial charge in [-0.15, -0.1) is 0 Å². The highest BCUT2D eigenvalue weighted by Gasteiger charge is 2.34. The van der Waals surface area contributed by atoms with E-state index >= 15 is 0 Å². The number of nitriles is 1. The second-order valence-electron chi connectivity index (χ2n) is 9.11. The Balaban J connectivity index is 1.39. The molecular weight excluding hydrogens is 428 g/mol. The minimum Gasteiger partial charge on any atom is -0.356 e. The van der Waals surface area contributed by atoms with Crippen LogP contribution in [-0.4, -0.2) is 35.2 Å². The van der Waals surface area contributed by atoms with E-state index in [4.69, 9.17) is 11.6 Å². The molecule has 3 atom stereocenters. The van der Waals surface area contributed by atoms with E-state index in [1.807, 2.05) is 0 Å². The molecule has 1 aliphatic heterocycles. The molecule has 2 heterocycles. The fourth-order valence-corrected chi connectivity index (χ4v) is 4.78. The zero-order valence-electron chi connectivity index (χ0n) is 17.9. The molecule has 1 saturated heterocycles. The third kappa shape index (κ3) is 5.36. The maximum absolute atomic E-state index is 13.1. The number of carbonyl (C=O) groups excluding carboxylic acids is 3. The van der Waals surface area contributed by atoms with Gasteiger partial charge in [-0.3, -0.25) is 19.4 Å². The van der Waals surface area contributed by atoms with Crippen molar-refractivity contribution in [2.24, 2.45) is 17.8 Å². The van der Waals surface area contributed by atoms with Crippen LogP contribution in [0.1, 0.15) is 56.1 Å². The highest BCUT2D eigenvalue weighted by atomic mass is 35.5. The number of pyridine rings is 1. The van der Waals surface area contributed by atoms with Crippen molar-refractivity contribution in [2.45, 2.75) is 57.4 Å². The predicted molar refractivity (Wildman–Crippen MR) is 119 cm³/mol. The lowest BCUT2D eigenvalue weighted by atomic mass is 9.85. The van der Waals surface area contributed by atoms with Crippen LogP contribution in [0, 0.1) is 29.1 Å². The number of carbonyl (C=O) groups is 3. The number of aromatic nitrogens is 1. The lowest BCUT2D eigenvalue weighted by molar-refractivity contribution is -0.128. The second kappa shape index (κ2) is 9.83. The average molecular weight is 455 g/mol. The fourth-order valence-electron chi connectivity index (χ4n) is 4.54. The van der Waals surface area contributed by atoms with Crippen molar-refractivity contribution in [1.29, 1.82) is 5.26 Å². The van der Waals surface area contributed by atoms with Crippen LogP contribution < -0.4 is 10.6 Å². The van der Waals surface area contributed by atoms with Gasteiger partial charge in [-0.25, -0.2) is 0 Å². The van der Waals surface area contributed by atoms with Crippen molar-refractivity contribution in [3.05, 3.63) is 34.1 Å². The lowest BCUT2D eigenvalue weighted by Crippen LogP contribution is -2.43. The molecule has 8 heteroatoms. The van der Waals surface area contributed by atoms with E-state index in [1.165, 1.54) is 0 Å². The van der Waals surface area contributed by atoms with E-state index in [2.05, 4.69) is 21.7 Å². The molecule has 7 nitrogen and oxygen atoms in total. The van der Waals surface area contributed by atoms with Crippen LogP contribution in [0.3, 0.4) is 0 Å². The molecule has 0 radical (unpaired) electrons. The topological polar surface area (TPSA) is 112 Å². The number of nitrogens with one attached hydrogen (secondary N) is 2. The molecular formula is C24H27ClN4O3. The zero-order chi connectivity index (χ0) is 22.7. The molecule has 3 unspecified atom stereocenters. The summed E-state index contributed by atoms with van der Waals surface area (Å²) in [5, 5.41) is 15.8. The van der Waals surface area contributed by atoms with E-state index < -0.39 is 12.0 Å². The second-order valence-corrected chi connectivity index (χ2v) is 9.52. The maximum Gasteiger partial charge on any atom is 0.248 e. The van der Waals surface area contributed by atoms with Crippen LogP contribution in [0.4, 0.5) is 0 Å². The van der Waals surface area contributed by atoms with Gasteiger partial charge in [0.15, 0.2) is 5.78 Å². The average Bonchev–Trinajstić information content (AvgIpc) is 3.48. The first-order valence-electron chi connectivity index (χ1n) is 11.3. The lowest BCUT2D eigenvalue weighted by Gasteiger charge is -2.24. The highest BCUT2D eigenvalue weighted by Crippen LogP contribution is 2.35. The Morgan fingerprint density at radius 2 is 2.09 bits per heavy atom. The van der Waals surface area contributed by atoms with Crippen LogP contribution >= 0.6 is 11.6 Å². The molecule has 2 fully saturated rings. The summed E-state index contributed by atoms with van der Waals surface area (Å²) in [5.74, 6) is -0.775. The number of nitrogens with zero attached hydrogens (tertiary/aromatic N) is 2. The fraction of sp³-hybridized carbons (Fsp3) is 0.542. The van der Waals surface area contributed by atoms with E-state index in [1.54, 1.807) is 18.5 Å². The summed E-state index contributed by atoms with van der Waals surface area (Å²) in [6.07, 6.45) is 10.2. The Bertz CT molecular complexity index is 995. The summed E-state index contributed by atoms with van der Waals surface area (Å²) in [4.78, 5) is 42.2. The van der Waals surface area contributed by atoms with E-state index in [9.17, 15) is 19.6 Å². The van der Waals surface area contributed by atoms with Gasteiger partial charge in [-0.2, -0.15) is 5.26 Å². The summed E-state index contributed by atoms with van der Waals surface area (Å²) in [7, 11) is 0. The first-order valence-corrected chi connectivity index (χ1v) is 11.7. The number of halogens is 1. The number of rotatable bonds is 9. The molecule has 3 aliphatic rings. The molecule has 4 rings (SSSR count). The van der Waals surface area contributed by atoms with Gasteiger partial charge in [0.1, 0.15) is 0 Å². The standard InChI is InChI=1S/C24H27ClN4O3/c25-20-13-27-12-18-9-17(10-19(18)20)24(32)29-21(7-14-3-4-14)22(30)8-15(11-26)6-16-2-1-5-28-23(16)31/h10,12-16,21H,1-9H2,(H,28,31)(H,29,32). The minimum atomic E-state index is -0.621.